The Bertz CT molecular complexity index is 2160. The van der Waals surface area contributed by atoms with Gasteiger partial charge in [0, 0.05) is 40.6 Å². The third-order valence-electron chi connectivity index (χ3n) is 11.1. The van der Waals surface area contributed by atoms with Crippen molar-refractivity contribution < 1.29 is 85.8 Å². The molecule has 18 heteroatoms. The normalized spacial score (nSPS) is 28.9. The van der Waals surface area contributed by atoms with Gasteiger partial charge >= 0.3 is 11.9 Å². The van der Waals surface area contributed by atoms with Crippen molar-refractivity contribution in [2.24, 2.45) is 0 Å². The van der Waals surface area contributed by atoms with Gasteiger partial charge in [0.05, 0.1) is 26.4 Å². The van der Waals surface area contributed by atoms with Crippen molar-refractivity contribution in [3.8, 4) is 23.0 Å². The van der Waals surface area contributed by atoms with Crippen LogP contribution < -0.4 is 18.9 Å². The number of esters is 2. The van der Waals surface area contributed by atoms with Gasteiger partial charge in [0.15, 0.2) is 30.9 Å². The first-order chi connectivity index (χ1) is 32.4. The van der Waals surface area contributed by atoms with E-state index in [0.29, 0.717) is 35.5 Å². The SMILES string of the molecule is COCOc1cc(OC)cc2c1C(=O)O[C@@H](C)[C@H](OC)/C=C\C(=O)[C@H]1OC(C)(C)O[C@H]1CC=C2.COCOc1cc(OC)cc2c1C(=O)O[C@@H](C)[C@H](OC)/C=C\C(O)[C@H]1OC(C)(C)O[C@H]1CC=C2. The zero-order valence-corrected chi connectivity index (χ0v) is 40.8. The van der Waals surface area contributed by atoms with Crippen LogP contribution in [0, 0.1) is 0 Å². The number of hydrogen-bond acceptors (Lipinski definition) is 18. The largest absolute Gasteiger partial charge is 0.497 e. The summed E-state index contributed by atoms with van der Waals surface area (Å²) < 4.78 is 78.4. The maximum absolute atomic E-state index is 13.3. The summed E-state index contributed by atoms with van der Waals surface area (Å²) in [5.74, 6) is -1.69. The fourth-order valence-corrected chi connectivity index (χ4v) is 7.93. The lowest BCUT2D eigenvalue weighted by Crippen LogP contribution is -2.35. The summed E-state index contributed by atoms with van der Waals surface area (Å²) in [6.07, 6.45) is 8.36. The standard InChI is InChI=1S/C25H34O9.C25H32O9/c2*1-15-19(30-6)11-10-18(26)23-20(33-25(2,3)34-23)9-7-8-16-12-17(29-5)13-21(31-14-28-4)22(16)24(27)32-15/h7-8,10-13,15,18-20,23,26H,9,14H2,1-6H3;7-8,10-13,15,19-20,23H,9,14H2,1-6H3/b2*8-7?,11-10-/t15-,18?,19+,20-,23+;15-,19+,20-,23+/m00/s1. The average Bonchev–Trinajstić information content (AvgIpc) is 3.79. The van der Waals surface area contributed by atoms with Gasteiger partial charge in [-0.05, 0) is 89.8 Å². The predicted octanol–water partition coefficient (Wildman–Crippen LogP) is 6.39. The van der Waals surface area contributed by atoms with Gasteiger partial charge in [-0.15, -0.1) is 0 Å². The number of hydrogen-bond donors (Lipinski definition) is 1. The first-order valence-electron chi connectivity index (χ1n) is 22.2. The highest BCUT2D eigenvalue weighted by molar-refractivity contribution is 5.98. The summed E-state index contributed by atoms with van der Waals surface area (Å²) in [7, 11) is 9.01. The van der Waals surface area contributed by atoms with E-state index in [0.717, 1.165) is 0 Å². The highest BCUT2D eigenvalue weighted by Crippen LogP contribution is 2.37. The monoisotopic (exact) mass is 954 g/mol. The van der Waals surface area contributed by atoms with E-state index in [1.165, 1.54) is 48.7 Å². The minimum Gasteiger partial charge on any atom is -0.497 e. The Kier molecular flexibility index (Phi) is 19.3. The van der Waals surface area contributed by atoms with Crippen molar-refractivity contribution in [2.75, 3.05) is 56.2 Å². The summed E-state index contributed by atoms with van der Waals surface area (Å²) in [4.78, 5) is 39.4. The number of methoxy groups -OCH3 is 6. The lowest BCUT2D eigenvalue weighted by Gasteiger charge is -2.24. The number of fused-ring (bicyclic) bond motifs is 4. The first kappa shape index (κ1) is 53.8. The summed E-state index contributed by atoms with van der Waals surface area (Å²) in [6, 6.07) is 6.63. The second kappa shape index (κ2) is 24.4. The van der Waals surface area contributed by atoms with Crippen molar-refractivity contribution in [2.45, 2.75) is 121 Å². The van der Waals surface area contributed by atoms with Crippen LogP contribution in [0.25, 0.3) is 12.2 Å². The Morgan fingerprint density at radius 3 is 1.56 bits per heavy atom. The van der Waals surface area contributed by atoms with Crippen LogP contribution >= 0.6 is 0 Å². The molecule has 4 heterocycles. The van der Waals surface area contributed by atoms with Gasteiger partial charge in [0.1, 0.15) is 76.9 Å². The van der Waals surface area contributed by atoms with Crippen molar-refractivity contribution >= 4 is 29.9 Å². The number of carbonyl (C=O) groups is 3. The molecule has 0 radical (unpaired) electrons. The molecular weight excluding hydrogens is 889 g/mol. The first-order valence-corrected chi connectivity index (χ1v) is 22.2. The number of ketones is 1. The van der Waals surface area contributed by atoms with Crippen LogP contribution in [0.4, 0.5) is 0 Å². The summed E-state index contributed by atoms with van der Waals surface area (Å²) in [6.45, 7) is 10.4. The highest BCUT2D eigenvalue weighted by atomic mass is 16.8. The summed E-state index contributed by atoms with van der Waals surface area (Å²) in [5.41, 5.74) is 1.51. The van der Waals surface area contributed by atoms with E-state index in [1.807, 2.05) is 12.2 Å². The minimum atomic E-state index is -0.940. The topological polar surface area (TPSA) is 201 Å². The molecule has 0 saturated carbocycles. The Morgan fingerprint density at radius 1 is 0.603 bits per heavy atom. The van der Waals surface area contributed by atoms with Crippen LogP contribution in [-0.4, -0.2) is 146 Å². The number of ether oxygens (including phenoxy) is 14. The molecule has 0 spiro atoms. The molecule has 6 rings (SSSR count). The van der Waals surface area contributed by atoms with Gasteiger partial charge in [-0.25, -0.2) is 9.59 Å². The zero-order valence-electron chi connectivity index (χ0n) is 40.8. The van der Waals surface area contributed by atoms with Crippen LogP contribution in [0.15, 0.2) is 60.7 Å². The molecule has 0 aliphatic carbocycles. The number of aliphatic hydroxyl groups is 1. The number of aliphatic hydroxyl groups excluding tert-OH is 1. The van der Waals surface area contributed by atoms with E-state index in [4.69, 9.17) is 66.3 Å². The van der Waals surface area contributed by atoms with Gasteiger partial charge in [0.25, 0.3) is 0 Å². The lowest BCUT2D eigenvalue weighted by molar-refractivity contribution is -0.152. The number of benzene rings is 2. The van der Waals surface area contributed by atoms with Crippen LogP contribution in [0.2, 0.25) is 0 Å². The van der Waals surface area contributed by atoms with E-state index in [1.54, 1.807) is 96.2 Å². The molecule has 4 aliphatic heterocycles. The number of carbonyl (C=O) groups excluding carboxylic acids is 3. The molecule has 2 fully saturated rings. The molecule has 18 nitrogen and oxygen atoms in total. The molecule has 0 amide bonds. The second-order valence-corrected chi connectivity index (χ2v) is 17.0. The molecule has 1 N–H and O–H groups in total. The predicted molar refractivity (Wildman–Crippen MR) is 247 cm³/mol. The third-order valence-corrected chi connectivity index (χ3v) is 11.1. The van der Waals surface area contributed by atoms with E-state index in [-0.39, 0.29) is 42.0 Å². The molecule has 0 aromatic heterocycles. The fraction of sp³-hybridized carbons (Fsp3) is 0.540. The van der Waals surface area contributed by atoms with Crippen LogP contribution in [0.1, 0.15) is 86.2 Å². The van der Waals surface area contributed by atoms with E-state index < -0.39 is 78.4 Å². The van der Waals surface area contributed by atoms with Gasteiger partial charge in [0.2, 0.25) is 0 Å². The Balaban J connectivity index is 0.000000254. The van der Waals surface area contributed by atoms with Gasteiger partial charge in [-0.1, -0.05) is 36.5 Å². The summed E-state index contributed by atoms with van der Waals surface area (Å²) >= 11 is 0. The number of cyclic esters (lactones) is 2. The number of rotatable bonds is 10. The van der Waals surface area contributed by atoms with Crippen molar-refractivity contribution in [1.82, 2.24) is 0 Å². The van der Waals surface area contributed by atoms with Gasteiger partial charge < -0.3 is 71.4 Å². The molecule has 2 aromatic carbocycles. The molecule has 2 saturated heterocycles. The van der Waals surface area contributed by atoms with E-state index in [9.17, 15) is 19.5 Å². The Morgan fingerprint density at radius 2 is 1.07 bits per heavy atom. The summed E-state index contributed by atoms with van der Waals surface area (Å²) in [5, 5.41) is 10.8. The zero-order chi connectivity index (χ0) is 49.8. The van der Waals surface area contributed by atoms with Crippen LogP contribution in [-0.2, 0) is 52.2 Å². The molecule has 68 heavy (non-hydrogen) atoms. The maximum atomic E-state index is 13.3. The molecule has 9 atom stereocenters. The molecule has 0 bridgehead atoms. The van der Waals surface area contributed by atoms with Gasteiger partial charge in [-0.2, -0.15) is 0 Å². The maximum Gasteiger partial charge on any atom is 0.342 e. The molecular formula is C50H66O18. The van der Waals surface area contributed by atoms with Crippen molar-refractivity contribution in [1.29, 1.82) is 0 Å². The fourth-order valence-electron chi connectivity index (χ4n) is 7.93. The molecule has 4 aliphatic rings. The van der Waals surface area contributed by atoms with E-state index >= 15 is 0 Å². The molecule has 374 valence electrons. The quantitative estimate of drug-likeness (QED) is 0.156. The van der Waals surface area contributed by atoms with Gasteiger partial charge in [-0.3, -0.25) is 4.79 Å². The third kappa shape index (κ3) is 14.0. The second-order valence-electron chi connectivity index (χ2n) is 17.0. The highest BCUT2D eigenvalue weighted by Gasteiger charge is 2.45. The van der Waals surface area contributed by atoms with E-state index in [2.05, 4.69) is 0 Å². The molecule has 2 aromatic rings. The van der Waals surface area contributed by atoms with Crippen LogP contribution in [0.3, 0.4) is 0 Å². The van der Waals surface area contributed by atoms with Crippen LogP contribution in [0.5, 0.6) is 23.0 Å². The Labute approximate surface area is 397 Å². The lowest BCUT2D eigenvalue weighted by atomic mass is 10.0. The molecule has 1 unspecified atom stereocenters. The average molecular weight is 955 g/mol. The Hall–Kier alpha value is -5.15. The minimum absolute atomic E-state index is 0.0580. The smallest absolute Gasteiger partial charge is 0.342 e. The van der Waals surface area contributed by atoms with Crippen molar-refractivity contribution in [3.05, 3.63) is 83.0 Å². The van der Waals surface area contributed by atoms with Crippen molar-refractivity contribution in [3.63, 3.8) is 0 Å².